The summed E-state index contributed by atoms with van der Waals surface area (Å²) in [5, 5.41) is 10.4. The van der Waals surface area contributed by atoms with Crippen molar-refractivity contribution in [2.75, 3.05) is 6.61 Å². The third-order valence-electron chi connectivity index (χ3n) is 1.50. The third-order valence-corrected chi connectivity index (χ3v) is 1.50. The predicted octanol–water partition coefficient (Wildman–Crippen LogP) is 2.38. The van der Waals surface area contributed by atoms with Crippen LogP contribution in [0.5, 0.6) is 5.75 Å². The van der Waals surface area contributed by atoms with Crippen molar-refractivity contribution >= 4 is 5.69 Å². The summed E-state index contributed by atoms with van der Waals surface area (Å²) in [6.45, 7) is -1.01. The molecule has 0 saturated carbocycles. The Kier molecular flexibility index (Phi) is 3.48. The molecule has 7 heteroatoms. The minimum Gasteiger partial charge on any atom is -0.481 e. The van der Waals surface area contributed by atoms with Crippen molar-refractivity contribution in [3.05, 3.63) is 34.1 Å². The molecule has 0 spiro atoms. The first kappa shape index (κ1) is 11.3. The highest BCUT2D eigenvalue weighted by Gasteiger charge is 2.21. The third kappa shape index (κ3) is 2.83. The Balaban J connectivity index is 2.96. The van der Waals surface area contributed by atoms with Crippen molar-refractivity contribution in [1.82, 2.24) is 0 Å². The number of nitro benzene ring substituents is 1. The largest absolute Gasteiger partial charge is 0.481 e. The molecule has 0 aliphatic heterocycles. The molecule has 0 heterocycles. The molecule has 0 fully saturated rings. The fourth-order valence-corrected chi connectivity index (χ4v) is 0.942. The molecule has 0 bridgehead atoms. The summed E-state index contributed by atoms with van der Waals surface area (Å²) in [6.07, 6.45) is -2.77. The number of benzene rings is 1. The standard InChI is InChI=1S/C8H6F3NO3/c9-5-2-1-3-6(8(5)12(13)14)15-4-7(10)11/h1-3,7H,4H2. The number of rotatable bonds is 4. The fourth-order valence-electron chi connectivity index (χ4n) is 0.942. The highest BCUT2D eigenvalue weighted by Crippen LogP contribution is 2.29. The molecule has 0 amide bonds. The number of hydrogen-bond acceptors (Lipinski definition) is 3. The van der Waals surface area contributed by atoms with Crippen LogP contribution in [0.15, 0.2) is 18.2 Å². The van der Waals surface area contributed by atoms with E-state index in [1.165, 1.54) is 0 Å². The van der Waals surface area contributed by atoms with Crippen LogP contribution in [0.3, 0.4) is 0 Å². The predicted molar refractivity (Wildman–Crippen MR) is 44.6 cm³/mol. The molecule has 1 aromatic carbocycles. The van der Waals surface area contributed by atoms with Gasteiger partial charge in [-0.2, -0.15) is 4.39 Å². The van der Waals surface area contributed by atoms with Gasteiger partial charge in [0.15, 0.2) is 0 Å². The molecule has 4 nitrogen and oxygen atoms in total. The van der Waals surface area contributed by atoms with Crippen LogP contribution >= 0.6 is 0 Å². The lowest BCUT2D eigenvalue weighted by atomic mass is 10.3. The van der Waals surface area contributed by atoms with E-state index in [1.807, 2.05) is 0 Å². The van der Waals surface area contributed by atoms with Crippen molar-refractivity contribution in [1.29, 1.82) is 0 Å². The van der Waals surface area contributed by atoms with Gasteiger partial charge in [-0.15, -0.1) is 0 Å². The molecule has 0 aliphatic rings. The van der Waals surface area contributed by atoms with Gasteiger partial charge in [-0.05, 0) is 12.1 Å². The highest BCUT2D eigenvalue weighted by molar-refractivity contribution is 5.47. The lowest BCUT2D eigenvalue weighted by Gasteiger charge is -2.05. The first-order valence-electron chi connectivity index (χ1n) is 3.86. The number of nitro groups is 1. The highest BCUT2D eigenvalue weighted by atomic mass is 19.3. The molecule has 0 atom stereocenters. The molecule has 0 saturated heterocycles. The van der Waals surface area contributed by atoms with Crippen molar-refractivity contribution in [3.63, 3.8) is 0 Å². The van der Waals surface area contributed by atoms with Crippen molar-refractivity contribution in [3.8, 4) is 5.75 Å². The van der Waals surface area contributed by atoms with Crippen LogP contribution in [0.25, 0.3) is 0 Å². The van der Waals surface area contributed by atoms with Gasteiger partial charge in [0.2, 0.25) is 11.6 Å². The van der Waals surface area contributed by atoms with E-state index < -0.39 is 35.2 Å². The summed E-state index contributed by atoms with van der Waals surface area (Å²) < 4.78 is 40.9. The maximum Gasteiger partial charge on any atom is 0.346 e. The Morgan fingerprint density at radius 1 is 1.47 bits per heavy atom. The topological polar surface area (TPSA) is 52.4 Å². The van der Waals surface area contributed by atoms with Gasteiger partial charge in [-0.1, -0.05) is 6.07 Å². The molecule has 0 N–H and O–H groups in total. The van der Waals surface area contributed by atoms with Gasteiger partial charge >= 0.3 is 5.69 Å². The van der Waals surface area contributed by atoms with Crippen LogP contribution in [-0.4, -0.2) is 18.0 Å². The quantitative estimate of drug-likeness (QED) is 0.579. The van der Waals surface area contributed by atoms with Crippen LogP contribution in [-0.2, 0) is 0 Å². The van der Waals surface area contributed by atoms with Gasteiger partial charge < -0.3 is 4.74 Å². The van der Waals surface area contributed by atoms with Gasteiger partial charge in [0.1, 0.15) is 6.61 Å². The second kappa shape index (κ2) is 4.63. The van der Waals surface area contributed by atoms with E-state index >= 15 is 0 Å². The van der Waals surface area contributed by atoms with E-state index in [0.717, 1.165) is 18.2 Å². The number of para-hydroxylation sites is 1. The lowest BCUT2D eigenvalue weighted by molar-refractivity contribution is -0.388. The van der Waals surface area contributed by atoms with Crippen LogP contribution in [0.4, 0.5) is 18.9 Å². The van der Waals surface area contributed by atoms with Crippen LogP contribution in [0, 0.1) is 15.9 Å². The SMILES string of the molecule is O=[N+]([O-])c1c(F)cccc1OCC(F)F. The minimum atomic E-state index is -2.77. The fraction of sp³-hybridized carbons (Fsp3) is 0.250. The van der Waals surface area contributed by atoms with Gasteiger partial charge in [-0.3, -0.25) is 10.1 Å². The average Bonchev–Trinajstić information content (AvgIpc) is 2.13. The Morgan fingerprint density at radius 2 is 2.13 bits per heavy atom. The molecule has 1 rings (SSSR count). The van der Waals surface area contributed by atoms with Gasteiger partial charge in [0.05, 0.1) is 4.92 Å². The number of alkyl halides is 2. The smallest absolute Gasteiger partial charge is 0.346 e. The van der Waals surface area contributed by atoms with Gasteiger partial charge in [0.25, 0.3) is 6.43 Å². The molecule has 15 heavy (non-hydrogen) atoms. The second-order valence-electron chi connectivity index (χ2n) is 2.55. The Hall–Kier alpha value is -1.79. The van der Waals surface area contributed by atoms with E-state index in [2.05, 4.69) is 4.74 Å². The minimum absolute atomic E-state index is 0.500. The number of halogens is 3. The second-order valence-corrected chi connectivity index (χ2v) is 2.55. The molecule has 0 unspecified atom stereocenters. The van der Waals surface area contributed by atoms with E-state index in [0.29, 0.717) is 0 Å². The molecular weight excluding hydrogens is 215 g/mol. The Bertz CT molecular complexity index is 370. The monoisotopic (exact) mass is 221 g/mol. The number of nitrogens with zero attached hydrogens (tertiary/aromatic N) is 1. The molecule has 0 aliphatic carbocycles. The van der Waals surface area contributed by atoms with E-state index in [9.17, 15) is 23.3 Å². The Labute approximate surface area is 82.4 Å². The van der Waals surface area contributed by atoms with Gasteiger partial charge in [-0.25, -0.2) is 8.78 Å². The van der Waals surface area contributed by atoms with Crippen LogP contribution < -0.4 is 4.74 Å². The van der Waals surface area contributed by atoms with E-state index in [-0.39, 0.29) is 0 Å². The zero-order chi connectivity index (χ0) is 11.4. The van der Waals surface area contributed by atoms with Crippen LogP contribution in [0.2, 0.25) is 0 Å². The summed E-state index contributed by atoms with van der Waals surface area (Å²) in [5.41, 5.74) is -0.932. The van der Waals surface area contributed by atoms with Crippen molar-refractivity contribution < 1.29 is 22.8 Å². The first-order valence-corrected chi connectivity index (χ1v) is 3.86. The molecule has 0 radical (unpaired) electrons. The van der Waals surface area contributed by atoms with Crippen LogP contribution in [0.1, 0.15) is 0 Å². The molecule has 1 aromatic rings. The summed E-state index contributed by atoms with van der Waals surface area (Å²) in [5.74, 6) is -1.62. The zero-order valence-electron chi connectivity index (χ0n) is 7.32. The van der Waals surface area contributed by atoms with Crippen molar-refractivity contribution in [2.24, 2.45) is 0 Å². The van der Waals surface area contributed by atoms with E-state index in [4.69, 9.17) is 0 Å². The zero-order valence-corrected chi connectivity index (χ0v) is 7.32. The maximum absolute atomic E-state index is 12.9. The normalized spacial score (nSPS) is 10.4. The van der Waals surface area contributed by atoms with Gasteiger partial charge in [0, 0.05) is 0 Å². The summed E-state index contributed by atoms with van der Waals surface area (Å²) in [4.78, 5) is 9.37. The summed E-state index contributed by atoms with van der Waals surface area (Å²) >= 11 is 0. The first-order chi connectivity index (χ1) is 7.02. The average molecular weight is 221 g/mol. The molecular formula is C8H6F3NO3. The maximum atomic E-state index is 12.9. The van der Waals surface area contributed by atoms with Crippen molar-refractivity contribution in [2.45, 2.75) is 6.43 Å². The lowest BCUT2D eigenvalue weighted by Crippen LogP contribution is -2.08. The summed E-state index contributed by atoms with van der Waals surface area (Å²) in [6, 6.07) is 3.06. The van der Waals surface area contributed by atoms with E-state index in [1.54, 1.807) is 0 Å². The number of ether oxygens (including phenoxy) is 1. The number of hydrogen-bond donors (Lipinski definition) is 0. The summed E-state index contributed by atoms with van der Waals surface area (Å²) in [7, 11) is 0. The molecule has 0 aromatic heterocycles. The Morgan fingerprint density at radius 3 is 2.67 bits per heavy atom. The molecule has 82 valence electrons.